The second-order valence-corrected chi connectivity index (χ2v) is 5.97. The van der Waals surface area contributed by atoms with Crippen LogP contribution in [-0.4, -0.2) is 24.0 Å². The molecule has 1 rings (SSSR count). The van der Waals surface area contributed by atoms with Crippen LogP contribution < -0.4 is 11.1 Å². The lowest BCUT2D eigenvalue weighted by molar-refractivity contribution is -0.125. The standard InChI is InChI=1S/C13H17BrN2O3/c1-13(2,3)16-11(17)7-19-12(18)9-6-8(15)4-5-10(9)14/h4-6H,7,15H2,1-3H3,(H,16,17). The SMILES string of the molecule is CC(C)(C)NC(=O)COC(=O)c1cc(N)ccc1Br. The van der Waals surface area contributed by atoms with Crippen LogP contribution in [0.3, 0.4) is 0 Å². The number of benzene rings is 1. The molecule has 6 heteroatoms. The maximum absolute atomic E-state index is 11.8. The van der Waals surface area contributed by atoms with Gasteiger partial charge in [-0.15, -0.1) is 0 Å². The summed E-state index contributed by atoms with van der Waals surface area (Å²) >= 11 is 3.23. The number of anilines is 1. The first-order valence-electron chi connectivity index (χ1n) is 5.72. The van der Waals surface area contributed by atoms with Gasteiger partial charge in [0, 0.05) is 15.7 Å². The minimum Gasteiger partial charge on any atom is -0.452 e. The summed E-state index contributed by atoms with van der Waals surface area (Å²) < 4.78 is 5.51. The summed E-state index contributed by atoms with van der Waals surface area (Å²) in [6.07, 6.45) is 0. The minimum atomic E-state index is -0.594. The fourth-order valence-corrected chi connectivity index (χ4v) is 1.77. The number of amides is 1. The van der Waals surface area contributed by atoms with E-state index in [2.05, 4.69) is 21.2 Å². The van der Waals surface area contributed by atoms with Gasteiger partial charge in [0.1, 0.15) is 0 Å². The van der Waals surface area contributed by atoms with Gasteiger partial charge >= 0.3 is 5.97 Å². The molecule has 0 bridgehead atoms. The molecule has 1 aromatic rings. The Kier molecular flexibility index (Phi) is 4.94. The van der Waals surface area contributed by atoms with Gasteiger partial charge in [0.05, 0.1) is 5.56 Å². The number of halogens is 1. The molecule has 0 unspecified atom stereocenters. The van der Waals surface area contributed by atoms with Crippen LogP contribution in [0.25, 0.3) is 0 Å². The number of nitrogens with two attached hydrogens (primary N) is 1. The average molecular weight is 329 g/mol. The van der Waals surface area contributed by atoms with E-state index in [1.807, 2.05) is 20.8 Å². The quantitative estimate of drug-likeness (QED) is 0.657. The molecule has 104 valence electrons. The normalized spacial score (nSPS) is 10.9. The molecule has 19 heavy (non-hydrogen) atoms. The molecule has 5 nitrogen and oxygen atoms in total. The van der Waals surface area contributed by atoms with Crippen molar-refractivity contribution in [2.24, 2.45) is 0 Å². The Morgan fingerprint density at radius 3 is 2.58 bits per heavy atom. The number of hydrogen-bond donors (Lipinski definition) is 2. The van der Waals surface area contributed by atoms with Crippen LogP contribution in [0.2, 0.25) is 0 Å². The third-order valence-corrected chi connectivity index (χ3v) is 2.75. The first kappa shape index (κ1) is 15.5. The van der Waals surface area contributed by atoms with Crippen molar-refractivity contribution in [3.05, 3.63) is 28.2 Å². The van der Waals surface area contributed by atoms with Crippen molar-refractivity contribution in [1.82, 2.24) is 5.32 Å². The van der Waals surface area contributed by atoms with Crippen LogP contribution in [0.4, 0.5) is 5.69 Å². The molecule has 0 radical (unpaired) electrons. The van der Waals surface area contributed by atoms with E-state index in [1.54, 1.807) is 12.1 Å². The monoisotopic (exact) mass is 328 g/mol. The predicted octanol–water partition coefficient (Wildman–Crippen LogP) is 2.10. The average Bonchev–Trinajstić information content (AvgIpc) is 2.27. The fourth-order valence-electron chi connectivity index (χ4n) is 1.36. The number of ether oxygens (including phenoxy) is 1. The highest BCUT2D eigenvalue weighted by Gasteiger charge is 2.17. The number of nitrogens with one attached hydrogen (secondary N) is 1. The van der Waals surface area contributed by atoms with E-state index in [4.69, 9.17) is 10.5 Å². The molecule has 1 aromatic carbocycles. The first-order chi connectivity index (χ1) is 8.69. The first-order valence-corrected chi connectivity index (χ1v) is 6.51. The molecule has 0 heterocycles. The number of carbonyl (C=O) groups excluding carboxylic acids is 2. The summed E-state index contributed by atoms with van der Waals surface area (Å²) in [5.41, 5.74) is 5.98. The molecular weight excluding hydrogens is 312 g/mol. The second kappa shape index (κ2) is 6.06. The lowest BCUT2D eigenvalue weighted by atomic mass is 10.1. The van der Waals surface area contributed by atoms with E-state index in [0.29, 0.717) is 15.7 Å². The fraction of sp³-hybridized carbons (Fsp3) is 0.385. The predicted molar refractivity (Wildman–Crippen MR) is 76.7 cm³/mol. The van der Waals surface area contributed by atoms with E-state index in [-0.39, 0.29) is 18.1 Å². The number of rotatable bonds is 3. The molecule has 0 fully saturated rings. The van der Waals surface area contributed by atoms with Gasteiger partial charge in [0.15, 0.2) is 6.61 Å². The van der Waals surface area contributed by atoms with Crippen molar-refractivity contribution in [2.45, 2.75) is 26.3 Å². The van der Waals surface area contributed by atoms with Gasteiger partial charge in [-0.1, -0.05) is 0 Å². The Bertz CT molecular complexity index is 495. The van der Waals surface area contributed by atoms with Crippen molar-refractivity contribution in [2.75, 3.05) is 12.3 Å². The molecule has 0 atom stereocenters. The lowest BCUT2D eigenvalue weighted by Gasteiger charge is -2.20. The zero-order valence-corrected chi connectivity index (χ0v) is 12.7. The Labute approximate surface area is 120 Å². The summed E-state index contributed by atoms with van der Waals surface area (Å²) in [5.74, 6) is -0.941. The number of hydrogen-bond acceptors (Lipinski definition) is 4. The molecule has 0 spiro atoms. The highest BCUT2D eigenvalue weighted by Crippen LogP contribution is 2.20. The van der Waals surface area contributed by atoms with E-state index in [1.165, 1.54) is 6.07 Å². The van der Waals surface area contributed by atoms with Crippen molar-refractivity contribution < 1.29 is 14.3 Å². The zero-order valence-electron chi connectivity index (χ0n) is 11.1. The van der Waals surface area contributed by atoms with Crippen molar-refractivity contribution >= 4 is 33.5 Å². The Balaban J connectivity index is 2.61. The van der Waals surface area contributed by atoms with E-state index in [0.717, 1.165) is 0 Å². The van der Waals surface area contributed by atoms with E-state index < -0.39 is 5.97 Å². The largest absolute Gasteiger partial charge is 0.452 e. The van der Waals surface area contributed by atoms with Crippen LogP contribution in [0.5, 0.6) is 0 Å². The van der Waals surface area contributed by atoms with Gasteiger partial charge in [-0.25, -0.2) is 4.79 Å². The van der Waals surface area contributed by atoms with Gasteiger partial charge < -0.3 is 15.8 Å². The van der Waals surface area contributed by atoms with Crippen LogP contribution >= 0.6 is 15.9 Å². The summed E-state index contributed by atoms with van der Waals surface area (Å²) in [7, 11) is 0. The molecule has 0 saturated carbocycles. The van der Waals surface area contributed by atoms with Crippen LogP contribution in [-0.2, 0) is 9.53 Å². The van der Waals surface area contributed by atoms with Gasteiger partial charge in [-0.2, -0.15) is 0 Å². The summed E-state index contributed by atoms with van der Waals surface area (Å²) in [4.78, 5) is 23.3. The molecule has 0 aromatic heterocycles. The third kappa shape index (κ3) is 5.30. The maximum atomic E-state index is 11.8. The molecule has 0 aliphatic carbocycles. The summed E-state index contributed by atoms with van der Waals surface area (Å²) in [5, 5.41) is 2.70. The number of nitrogen functional groups attached to an aromatic ring is 1. The van der Waals surface area contributed by atoms with Gasteiger partial charge in [0.25, 0.3) is 5.91 Å². The molecule has 1 amide bonds. The molecule has 3 N–H and O–H groups in total. The van der Waals surface area contributed by atoms with Crippen molar-refractivity contribution in [3.8, 4) is 0 Å². The summed E-state index contributed by atoms with van der Waals surface area (Å²) in [6.45, 7) is 5.22. The second-order valence-electron chi connectivity index (χ2n) is 5.11. The highest BCUT2D eigenvalue weighted by molar-refractivity contribution is 9.10. The lowest BCUT2D eigenvalue weighted by Crippen LogP contribution is -2.42. The molecular formula is C13H17BrN2O3. The minimum absolute atomic E-state index is 0.295. The van der Waals surface area contributed by atoms with Crippen LogP contribution in [0.1, 0.15) is 31.1 Å². The van der Waals surface area contributed by atoms with Crippen molar-refractivity contribution in [3.63, 3.8) is 0 Å². The molecule has 0 aliphatic rings. The van der Waals surface area contributed by atoms with Gasteiger partial charge in [-0.3, -0.25) is 4.79 Å². The van der Waals surface area contributed by atoms with Crippen LogP contribution in [0.15, 0.2) is 22.7 Å². The van der Waals surface area contributed by atoms with E-state index >= 15 is 0 Å². The molecule has 0 saturated heterocycles. The maximum Gasteiger partial charge on any atom is 0.339 e. The van der Waals surface area contributed by atoms with Gasteiger partial charge in [-0.05, 0) is 54.9 Å². The highest BCUT2D eigenvalue weighted by atomic mass is 79.9. The number of carbonyl (C=O) groups is 2. The number of esters is 1. The van der Waals surface area contributed by atoms with Crippen molar-refractivity contribution in [1.29, 1.82) is 0 Å². The smallest absolute Gasteiger partial charge is 0.339 e. The zero-order chi connectivity index (χ0) is 14.6. The van der Waals surface area contributed by atoms with Crippen LogP contribution in [0, 0.1) is 0 Å². The Morgan fingerprint density at radius 2 is 2.00 bits per heavy atom. The van der Waals surface area contributed by atoms with E-state index in [9.17, 15) is 9.59 Å². The summed E-state index contributed by atoms with van der Waals surface area (Å²) in [6, 6.07) is 4.81. The molecule has 0 aliphatic heterocycles. The van der Waals surface area contributed by atoms with Gasteiger partial charge in [0.2, 0.25) is 0 Å². The topological polar surface area (TPSA) is 81.4 Å². The third-order valence-electron chi connectivity index (χ3n) is 2.06. The Hall–Kier alpha value is -1.56. The Morgan fingerprint density at radius 1 is 1.37 bits per heavy atom.